The molecule has 0 saturated carbocycles. The molecule has 0 radical (unpaired) electrons. The van der Waals surface area contributed by atoms with E-state index in [1.54, 1.807) is 0 Å². The van der Waals surface area contributed by atoms with Crippen LogP contribution >= 0.6 is 0 Å². The van der Waals surface area contributed by atoms with Gasteiger partial charge in [-0.05, 0) is 57.6 Å². The fourth-order valence-corrected chi connectivity index (χ4v) is 6.90. The number of aromatic nitrogens is 2. The van der Waals surface area contributed by atoms with Gasteiger partial charge >= 0.3 is 0 Å². The van der Waals surface area contributed by atoms with E-state index in [1.807, 2.05) is 39.1 Å². The molecule has 1 fully saturated rings. The minimum atomic E-state index is -3.74. The first-order chi connectivity index (χ1) is 14.3. The second-order valence-corrected chi connectivity index (χ2v) is 10.3. The zero-order valence-electron chi connectivity index (χ0n) is 17.9. The molecule has 0 bridgehead atoms. The van der Waals surface area contributed by atoms with Gasteiger partial charge in [0.25, 0.3) is 0 Å². The number of imidazole rings is 1. The molecule has 0 aliphatic carbocycles. The summed E-state index contributed by atoms with van der Waals surface area (Å²) in [6.45, 7) is 7.26. The van der Waals surface area contributed by atoms with E-state index in [4.69, 9.17) is 0 Å². The maximum absolute atomic E-state index is 13.4. The third-order valence-corrected chi connectivity index (χ3v) is 8.29. The summed E-state index contributed by atoms with van der Waals surface area (Å²) in [5.41, 5.74) is 3.31. The molecule has 1 unspecified atom stereocenters. The molecule has 2 aliphatic rings. The molecule has 2 aliphatic heterocycles. The molecule has 1 aromatic carbocycles. The lowest BCUT2D eigenvalue weighted by atomic mass is 10.1. The SMILES string of the molecule is Cc1cc(C)c(S(=O)(=O)N2CCCC2C(=O)NCc2cn3c(n2)CCCC3)c(C)c1. The van der Waals surface area contributed by atoms with Crippen LogP contribution in [-0.2, 0) is 34.3 Å². The van der Waals surface area contributed by atoms with E-state index >= 15 is 0 Å². The van der Waals surface area contributed by atoms with Gasteiger partial charge < -0.3 is 9.88 Å². The second-order valence-electron chi connectivity index (χ2n) is 8.52. The summed E-state index contributed by atoms with van der Waals surface area (Å²) >= 11 is 0. The van der Waals surface area contributed by atoms with Crippen molar-refractivity contribution in [3.63, 3.8) is 0 Å². The van der Waals surface area contributed by atoms with Crippen LogP contribution in [0.5, 0.6) is 0 Å². The molecule has 2 aromatic rings. The lowest BCUT2D eigenvalue weighted by Gasteiger charge is -2.25. The van der Waals surface area contributed by atoms with Crippen LogP contribution in [0.1, 0.15) is 53.9 Å². The Morgan fingerprint density at radius 1 is 1.13 bits per heavy atom. The van der Waals surface area contributed by atoms with E-state index in [2.05, 4.69) is 14.9 Å². The normalized spacial score (nSPS) is 19.6. The molecule has 1 amide bonds. The van der Waals surface area contributed by atoms with E-state index < -0.39 is 16.1 Å². The Balaban J connectivity index is 1.50. The van der Waals surface area contributed by atoms with Gasteiger partial charge in [0.1, 0.15) is 11.9 Å². The Kier molecular flexibility index (Phi) is 5.72. The number of fused-ring (bicyclic) bond motifs is 1. The van der Waals surface area contributed by atoms with Gasteiger partial charge in [-0.2, -0.15) is 4.31 Å². The van der Waals surface area contributed by atoms with Crippen molar-refractivity contribution in [2.75, 3.05) is 6.54 Å². The molecule has 1 saturated heterocycles. The van der Waals surface area contributed by atoms with Gasteiger partial charge in [0.05, 0.1) is 17.1 Å². The molecule has 30 heavy (non-hydrogen) atoms. The first-order valence-corrected chi connectivity index (χ1v) is 12.1. The monoisotopic (exact) mass is 430 g/mol. The zero-order chi connectivity index (χ0) is 21.5. The zero-order valence-corrected chi connectivity index (χ0v) is 18.8. The minimum absolute atomic E-state index is 0.246. The number of hydrogen-bond acceptors (Lipinski definition) is 4. The first-order valence-electron chi connectivity index (χ1n) is 10.7. The topological polar surface area (TPSA) is 84.3 Å². The number of carbonyl (C=O) groups excluding carboxylic acids is 1. The third-order valence-electron chi connectivity index (χ3n) is 6.08. The Bertz CT molecular complexity index is 1030. The number of benzene rings is 1. The van der Waals surface area contributed by atoms with Crippen molar-refractivity contribution in [3.8, 4) is 0 Å². The summed E-state index contributed by atoms with van der Waals surface area (Å²) in [5, 5.41) is 2.92. The highest BCUT2D eigenvalue weighted by Gasteiger charge is 2.40. The number of nitrogens with one attached hydrogen (secondary N) is 1. The number of aryl methyl sites for hydroxylation is 5. The molecule has 7 nitrogen and oxygen atoms in total. The summed E-state index contributed by atoms with van der Waals surface area (Å²) in [6.07, 6.45) is 6.49. The molecule has 1 atom stereocenters. The van der Waals surface area contributed by atoms with E-state index in [-0.39, 0.29) is 5.91 Å². The number of nitrogens with zero attached hydrogens (tertiary/aromatic N) is 3. The summed E-state index contributed by atoms with van der Waals surface area (Å²) < 4.78 is 30.4. The molecule has 3 heterocycles. The quantitative estimate of drug-likeness (QED) is 0.790. The van der Waals surface area contributed by atoms with Crippen LogP contribution < -0.4 is 5.32 Å². The van der Waals surface area contributed by atoms with Crippen LogP contribution in [0.4, 0.5) is 0 Å². The number of hydrogen-bond donors (Lipinski definition) is 1. The van der Waals surface area contributed by atoms with E-state index in [0.717, 1.165) is 54.0 Å². The molecular formula is C22H30N4O3S. The first kappa shape index (κ1) is 21.1. The second kappa shape index (κ2) is 8.15. The van der Waals surface area contributed by atoms with Gasteiger partial charge in [0.15, 0.2) is 0 Å². The van der Waals surface area contributed by atoms with Crippen molar-refractivity contribution >= 4 is 15.9 Å². The standard InChI is InChI=1S/C22H30N4O3S/c1-15-11-16(2)21(17(3)12-15)30(28,29)26-10-6-7-19(26)22(27)23-13-18-14-25-9-5-4-8-20(25)24-18/h11-12,14,19H,4-10,13H2,1-3H3,(H,23,27). The smallest absolute Gasteiger partial charge is 0.244 e. The Labute approximate surface area is 178 Å². The van der Waals surface area contributed by atoms with Gasteiger partial charge in [-0.1, -0.05) is 17.7 Å². The third kappa shape index (κ3) is 3.90. The highest BCUT2D eigenvalue weighted by Crippen LogP contribution is 2.30. The Morgan fingerprint density at radius 3 is 2.57 bits per heavy atom. The maximum Gasteiger partial charge on any atom is 0.244 e. The number of amides is 1. The average Bonchev–Trinajstić information content (AvgIpc) is 3.32. The molecule has 8 heteroatoms. The Hall–Kier alpha value is -2.19. The lowest BCUT2D eigenvalue weighted by Crippen LogP contribution is -2.46. The minimum Gasteiger partial charge on any atom is -0.349 e. The van der Waals surface area contributed by atoms with Crippen LogP contribution in [0.2, 0.25) is 0 Å². The van der Waals surface area contributed by atoms with Gasteiger partial charge in [-0.25, -0.2) is 13.4 Å². The summed E-state index contributed by atoms with van der Waals surface area (Å²) in [4.78, 5) is 17.9. The van der Waals surface area contributed by atoms with Crippen molar-refractivity contribution in [2.24, 2.45) is 0 Å². The van der Waals surface area contributed by atoms with Gasteiger partial charge in [-0.15, -0.1) is 0 Å². The molecule has 1 aromatic heterocycles. The van der Waals surface area contributed by atoms with Crippen molar-refractivity contribution in [1.82, 2.24) is 19.2 Å². The average molecular weight is 431 g/mol. The van der Waals surface area contributed by atoms with Crippen molar-refractivity contribution < 1.29 is 13.2 Å². The van der Waals surface area contributed by atoms with Crippen LogP contribution in [0.25, 0.3) is 0 Å². The molecule has 4 rings (SSSR count). The van der Waals surface area contributed by atoms with E-state index in [9.17, 15) is 13.2 Å². The van der Waals surface area contributed by atoms with E-state index in [0.29, 0.717) is 30.8 Å². The van der Waals surface area contributed by atoms with Crippen LogP contribution in [0.15, 0.2) is 23.2 Å². The summed E-state index contributed by atoms with van der Waals surface area (Å²) in [7, 11) is -3.74. The predicted molar refractivity (Wildman–Crippen MR) is 115 cm³/mol. The van der Waals surface area contributed by atoms with Gasteiger partial charge in [-0.3, -0.25) is 4.79 Å². The van der Waals surface area contributed by atoms with Crippen molar-refractivity contribution in [2.45, 2.75) is 76.9 Å². The molecule has 162 valence electrons. The molecular weight excluding hydrogens is 400 g/mol. The van der Waals surface area contributed by atoms with Gasteiger partial charge in [0.2, 0.25) is 15.9 Å². The summed E-state index contributed by atoms with van der Waals surface area (Å²) in [6, 6.07) is 3.09. The van der Waals surface area contributed by atoms with Crippen LogP contribution in [0, 0.1) is 20.8 Å². The van der Waals surface area contributed by atoms with E-state index in [1.165, 1.54) is 4.31 Å². The number of carbonyl (C=O) groups is 1. The Morgan fingerprint density at radius 2 is 1.87 bits per heavy atom. The summed E-state index contributed by atoms with van der Waals surface area (Å²) in [5.74, 6) is 0.824. The predicted octanol–water partition coefficient (Wildman–Crippen LogP) is 2.61. The molecule has 0 spiro atoms. The lowest BCUT2D eigenvalue weighted by molar-refractivity contribution is -0.124. The van der Waals surface area contributed by atoms with Crippen LogP contribution in [-0.4, -0.2) is 40.8 Å². The van der Waals surface area contributed by atoms with Crippen molar-refractivity contribution in [3.05, 3.63) is 46.5 Å². The maximum atomic E-state index is 13.4. The largest absolute Gasteiger partial charge is 0.349 e. The fraction of sp³-hybridized carbons (Fsp3) is 0.545. The highest BCUT2D eigenvalue weighted by molar-refractivity contribution is 7.89. The van der Waals surface area contributed by atoms with Crippen molar-refractivity contribution in [1.29, 1.82) is 0 Å². The van der Waals surface area contributed by atoms with Crippen LogP contribution in [0.3, 0.4) is 0 Å². The number of rotatable bonds is 5. The molecule has 1 N–H and O–H groups in total. The highest BCUT2D eigenvalue weighted by atomic mass is 32.2. The number of sulfonamides is 1. The van der Waals surface area contributed by atoms with Gasteiger partial charge in [0, 0.05) is 25.7 Å². The fourth-order valence-electron chi connectivity index (χ4n) is 4.83.